The summed E-state index contributed by atoms with van der Waals surface area (Å²) in [7, 11) is 0. The summed E-state index contributed by atoms with van der Waals surface area (Å²) < 4.78 is 47.0. The van der Waals surface area contributed by atoms with Crippen LogP contribution in [0.3, 0.4) is 0 Å². The zero-order valence-electron chi connectivity index (χ0n) is 70.4. The van der Waals surface area contributed by atoms with E-state index in [4.69, 9.17) is 37.9 Å². The topological polar surface area (TPSA) is 807 Å². The fourth-order valence-corrected chi connectivity index (χ4v) is 13.6. The van der Waals surface area contributed by atoms with Crippen LogP contribution in [0.5, 0.6) is 0 Å². The molecule has 0 aromatic heterocycles. The lowest BCUT2D eigenvalue weighted by Crippen LogP contribution is -2.38. The highest BCUT2D eigenvalue weighted by Crippen LogP contribution is 2.34. The van der Waals surface area contributed by atoms with Crippen molar-refractivity contribution in [2.75, 3.05) is 0 Å². The summed E-state index contributed by atoms with van der Waals surface area (Å²) in [6, 6.07) is 13.3. The van der Waals surface area contributed by atoms with Crippen molar-refractivity contribution in [1.82, 2.24) is 0 Å². The molecule has 16 N–H and O–H groups in total. The summed E-state index contributed by atoms with van der Waals surface area (Å²) in [4.78, 5) is 321. The molecule has 8 aromatic carbocycles. The highest BCUT2D eigenvalue weighted by Gasteiger charge is 2.41. The minimum absolute atomic E-state index is 0.374. The van der Waals surface area contributed by atoms with E-state index >= 15 is 19.2 Å². The zero-order chi connectivity index (χ0) is 103. The first kappa shape index (κ1) is 104. The molecule has 0 aliphatic heterocycles. The zero-order valence-corrected chi connectivity index (χ0v) is 70.4. The number of benzene rings is 8. The van der Waals surface area contributed by atoms with Crippen molar-refractivity contribution in [2.24, 2.45) is 0 Å². The lowest BCUT2D eigenvalue weighted by atomic mass is 9.94. The summed E-state index contributed by atoms with van der Waals surface area (Å²) in [5, 5.41) is 163. The Labute approximate surface area is 768 Å². The van der Waals surface area contributed by atoms with Gasteiger partial charge < -0.3 is 120 Å². The van der Waals surface area contributed by atoms with Crippen LogP contribution in [0.2, 0.25) is 0 Å². The van der Waals surface area contributed by atoms with Gasteiger partial charge in [-0.3, -0.25) is 0 Å². The Balaban J connectivity index is 1.46. The van der Waals surface area contributed by atoms with Gasteiger partial charge in [-0.15, -0.1) is 0 Å². The number of rotatable bonds is 47. The third kappa shape index (κ3) is 26.7. The third-order valence-electron chi connectivity index (χ3n) is 20.2. The third-order valence-corrected chi connectivity index (χ3v) is 20.2. The van der Waals surface area contributed by atoms with Gasteiger partial charge in [0.25, 0.3) is 0 Å². The van der Waals surface area contributed by atoms with Gasteiger partial charge in [0, 0.05) is 44.9 Å². The van der Waals surface area contributed by atoms with Gasteiger partial charge in [0.05, 0.1) is 134 Å². The van der Waals surface area contributed by atoms with Gasteiger partial charge >= 0.3 is 143 Å². The van der Waals surface area contributed by atoms with Crippen molar-refractivity contribution >= 4 is 143 Å². The molecule has 138 heavy (non-hydrogen) atoms. The second-order valence-corrected chi connectivity index (χ2v) is 29.4. The predicted molar refractivity (Wildman–Crippen MR) is 445 cm³/mol. The Morgan fingerprint density at radius 1 is 0.174 bits per heavy atom. The molecule has 0 bridgehead atoms. The van der Waals surface area contributed by atoms with Gasteiger partial charge in [0.1, 0.15) is 48.8 Å². The quantitative estimate of drug-likeness (QED) is 0.0125. The van der Waals surface area contributed by atoms with Crippen molar-refractivity contribution in [3.05, 3.63) is 279 Å². The molecule has 0 amide bonds. The van der Waals surface area contributed by atoms with Crippen LogP contribution in [0.15, 0.2) is 146 Å². The molecule has 0 aliphatic carbocycles. The second-order valence-electron chi connectivity index (χ2n) is 29.4. The van der Waals surface area contributed by atoms with Crippen LogP contribution in [0, 0.1) is 0 Å². The molecule has 0 saturated carbocycles. The molecule has 0 radical (unpaired) electrons. The molecule has 0 aliphatic rings. The molecular formula is C90H70O48. The average molecular weight is 1920 g/mol. The maximum atomic E-state index is 15.3. The number of hydrogen-bond acceptors (Lipinski definition) is 32. The van der Waals surface area contributed by atoms with E-state index in [1.165, 1.54) is 6.92 Å². The Kier molecular flexibility index (Phi) is 34.2. The van der Waals surface area contributed by atoms with Crippen molar-refractivity contribution in [1.29, 1.82) is 0 Å². The molecule has 0 heterocycles. The van der Waals surface area contributed by atoms with Crippen molar-refractivity contribution < 1.29 is 235 Å². The fraction of sp³-hybridized carbons (Fsp3) is 0.200. The van der Waals surface area contributed by atoms with E-state index < -0.39 is 377 Å². The maximum absolute atomic E-state index is 15.3. The molecule has 0 saturated heterocycles. The van der Waals surface area contributed by atoms with Crippen LogP contribution in [0.1, 0.15) is 314 Å². The van der Waals surface area contributed by atoms with Crippen molar-refractivity contribution in [3.8, 4) is 0 Å². The number of esters is 8. The second kappa shape index (κ2) is 45.2. The Morgan fingerprint density at radius 2 is 0.297 bits per heavy atom. The van der Waals surface area contributed by atoms with Gasteiger partial charge in [-0.05, 0) is 159 Å². The molecule has 0 spiro atoms. The first-order chi connectivity index (χ1) is 64.8. The molecule has 8 atom stereocenters. The van der Waals surface area contributed by atoms with E-state index in [-0.39, 0.29) is 0 Å². The van der Waals surface area contributed by atoms with E-state index in [2.05, 4.69) is 0 Å². The van der Waals surface area contributed by atoms with Crippen LogP contribution in [0.4, 0.5) is 0 Å². The van der Waals surface area contributed by atoms with Crippen LogP contribution >= 0.6 is 0 Å². The normalized spacial score (nSPS) is 12.6. The molecule has 8 rings (SSSR count). The van der Waals surface area contributed by atoms with Crippen LogP contribution in [-0.4, -0.2) is 274 Å². The number of hydrogen-bond donors (Lipinski definition) is 16. The number of carbonyl (C=O) groups is 24. The predicted octanol–water partition coefficient (Wildman–Crippen LogP) is 9.12. The van der Waals surface area contributed by atoms with Crippen LogP contribution < -0.4 is 0 Å². The Morgan fingerprint density at radius 3 is 0.428 bits per heavy atom. The van der Waals surface area contributed by atoms with E-state index in [1.54, 1.807) is 0 Å². The van der Waals surface area contributed by atoms with Gasteiger partial charge in [0.15, 0.2) is 0 Å². The molecule has 8 aromatic rings. The maximum Gasteiger partial charge on any atom is 0.339 e. The Bertz CT molecular complexity index is 6440. The number of carboxylic acids is 16. The average Bonchev–Trinajstić information content (AvgIpc) is 0.803. The summed E-state index contributed by atoms with van der Waals surface area (Å²) in [6.07, 6.45) is -29.0. The standard InChI is InChI=1S/C90H70O48/c1-3-44(132-84(124)52-13-5-37(68(93)94)22-60(52)76(109)110)29-46(134-86(126)54-15-7-39(70(97)98)24-62(54)78(113)114)31-48(136-88(128)56-17-9-41(72(101)102)26-64(56)80(117)118)33-50(138-90(130)58-19-11-43(74(105)106)28-66(58)82(121)122)34-49(137-89(129)57-18-10-42(73(103)104)27-65(57)81(119)120)32-47(135-87(127)55-16-8-40(71(99)100)25-63(55)79(115)116)30-45(133-85(125)53-14-6-38(69(95)96)23-61(53)77(111)112)20-35(2)131-83(123)51-12-4-36(67(91)92)21-59(51)75(107)108/h4-19,21-28,35,44-50H,3,20,29-34H2,1-2H3,(H,91,92)(H,93,94)(H,95,96)(H,97,98)(H,99,100)(H,101,102)(H,103,104)(H,105,106)(H,107,108)(H,109,110)(H,111,112)(H,113,114)(H,115,116)(H,117,118)(H,119,120)(H,121,122). The molecule has 0 fully saturated rings. The molecule has 48 nitrogen and oxygen atoms in total. The summed E-state index contributed by atoms with van der Waals surface area (Å²) in [6.45, 7) is 2.17. The largest absolute Gasteiger partial charge is 0.478 e. The smallest absolute Gasteiger partial charge is 0.339 e. The number of carboxylic acid groups (broad SMARTS) is 16. The number of aromatic carboxylic acids is 16. The monoisotopic (exact) mass is 1920 g/mol. The van der Waals surface area contributed by atoms with E-state index in [0.717, 1.165) is 19.1 Å². The molecular weight excluding hydrogens is 1850 g/mol. The van der Waals surface area contributed by atoms with E-state index in [0.29, 0.717) is 133 Å². The molecule has 718 valence electrons. The SMILES string of the molecule is CCC(CC(CC(CC(CC(CC(CC(CC(C)OC(=O)c1ccc(C(=O)O)cc1C(=O)O)OC(=O)c1ccc(C(=O)O)cc1C(=O)O)OC(=O)c1ccc(C(=O)O)cc1C(=O)O)OC(=O)c1ccc(C(=O)O)cc1C(=O)O)OC(=O)c1ccc(C(=O)O)cc1C(=O)O)OC(=O)c1ccc(C(=O)O)cc1C(=O)O)OC(=O)c1ccc(C(=O)O)cc1C(=O)O)OC(=O)c1ccc(C(=O)O)cc1C(=O)O. The van der Waals surface area contributed by atoms with Crippen LogP contribution in [-0.2, 0) is 37.9 Å². The minimum Gasteiger partial charge on any atom is -0.478 e. The van der Waals surface area contributed by atoms with Crippen LogP contribution in [0.25, 0.3) is 0 Å². The summed E-state index contributed by atoms with van der Waals surface area (Å²) >= 11 is 0. The first-order valence-electron chi connectivity index (χ1n) is 39.3. The summed E-state index contributed by atoms with van der Waals surface area (Å²) in [5.41, 5.74) is -24.4. The minimum atomic E-state index is -2.66. The summed E-state index contributed by atoms with van der Waals surface area (Å²) in [5.74, 6) is -45.7. The highest BCUT2D eigenvalue weighted by molar-refractivity contribution is 6.11. The van der Waals surface area contributed by atoms with E-state index in [9.17, 15) is 178 Å². The lowest BCUT2D eigenvalue weighted by Gasteiger charge is -2.32. The van der Waals surface area contributed by atoms with Crippen molar-refractivity contribution in [2.45, 2.75) is 114 Å². The lowest BCUT2D eigenvalue weighted by molar-refractivity contribution is -0.0469. The number of ether oxygens (including phenoxy) is 8. The van der Waals surface area contributed by atoms with E-state index in [1.807, 2.05) is 0 Å². The first-order valence-corrected chi connectivity index (χ1v) is 39.3. The molecule has 8 unspecified atom stereocenters. The number of carbonyl (C=O) groups excluding carboxylic acids is 8. The van der Waals surface area contributed by atoms with Gasteiger partial charge in [0.2, 0.25) is 0 Å². The molecule has 48 heteroatoms. The Hall–Kier alpha value is -19.0. The fourth-order valence-electron chi connectivity index (χ4n) is 13.6. The van der Waals surface area contributed by atoms with Gasteiger partial charge in [-0.25, -0.2) is 115 Å². The van der Waals surface area contributed by atoms with Gasteiger partial charge in [-0.2, -0.15) is 0 Å². The van der Waals surface area contributed by atoms with Gasteiger partial charge in [-0.1, -0.05) is 6.92 Å². The van der Waals surface area contributed by atoms with Crippen molar-refractivity contribution in [3.63, 3.8) is 0 Å². The highest BCUT2D eigenvalue weighted by atomic mass is 16.6.